The molecule has 0 bridgehead atoms. The number of hydrogen-bond acceptors (Lipinski definition) is 6. The molecule has 2 aliphatic carbocycles. The number of ether oxygens (including phenoxy) is 1. The van der Waals surface area contributed by atoms with Crippen molar-refractivity contribution in [3.63, 3.8) is 0 Å². The number of aryl methyl sites for hydroxylation is 1. The van der Waals surface area contributed by atoms with Crippen LogP contribution in [0.5, 0.6) is 0 Å². The zero-order valence-corrected chi connectivity index (χ0v) is 15.8. The van der Waals surface area contributed by atoms with Gasteiger partial charge in [-0.3, -0.25) is 4.79 Å². The first-order valence-electron chi connectivity index (χ1n) is 8.76. The highest BCUT2D eigenvalue weighted by atomic mass is 32.2. The van der Waals surface area contributed by atoms with Crippen LogP contribution in [0.2, 0.25) is 0 Å². The molecule has 1 saturated carbocycles. The summed E-state index contributed by atoms with van der Waals surface area (Å²) < 4.78 is 5.07. The maximum absolute atomic E-state index is 11.8. The van der Waals surface area contributed by atoms with Crippen molar-refractivity contribution in [3.05, 3.63) is 16.3 Å². The Kier molecular flexibility index (Phi) is 4.52. The molecule has 0 saturated heterocycles. The molecule has 0 N–H and O–H groups in total. The van der Waals surface area contributed by atoms with E-state index in [1.807, 2.05) is 18.3 Å². The van der Waals surface area contributed by atoms with Crippen LogP contribution in [-0.2, 0) is 22.4 Å². The van der Waals surface area contributed by atoms with E-state index in [1.165, 1.54) is 46.9 Å². The lowest BCUT2D eigenvalue weighted by Crippen LogP contribution is -2.09. The highest BCUT2D eigenvalue weighted by Crippen LogP contribution is 2.44. The second-order valence-corrected chi connectivity index (χ2v) is 8.83. The van der Waals surface area contributed by atoms with Crippen molar-refractivity contribution in [1.82, 2.24) is 9.97 Å². The van der Waals surface area contributed by atoms with Gasteiger partial charge in [0, 0.05) is 16.2 Å². The van der Waals surface area contributed by atoms with Gasteiger partial charge >= 0.3 is 5.97 Å². The highest BCUT2D eigenvalue weighted by molar-refractivity contribution is 8.00. The lowest BCUT2D eigenvalue weighted by molar-refractivity contribution is -0.139. The molecule has 24 heavy (non-hydrogen) atoms. The SMILES string of the molecule is CCOC(=O)CSc1nc(C2CC2)nc2sc3c(c12)CC[C@@H](C)C3. The van der Waals surface area contributed by atoms with Crippen molar-refractivity contribution >= 4 is 39.3 Å². The molecule has 2 aliphatic rings. The molecular formula is C18H22N2O2S2. The maximum atomic E-state index is 11.8. The average molecular weight is 363 g/mol. The third-order valence-corrected chi connectivity index (χ3v) is 6.81. The van der Waals surface area contributed by atoms with E-state index in [1.54, 1.807) is 0 Å². The van der Waals surface area contributed by atoms with Gasteiger partial charge in [-0.15, -0.1) is 11.3 Å². The molecule has 1 fully saturated rings. The number of carbonyl (C=O) groups is 1. The van der Waals surface area contributed by atoms with E-state index in [0.717, 1.165) is 34.4 Å². The third kappa shape index (κ3) is 3.18. The second kappa shape index (κ2) is 6.64. The maximum Gasteiger partial charge on any atom is 0.316 e. The van der Waals surface area contributed by atoms with Gasteiger partial charge in [0.25, 0.3) is 0 Å². The minimum Gasteiger partial charge on any atom is -0.465 e. The van der Waals surface area contributed by atoms with Crippen molar-refractivity contribution in [2.24, 2.45) is 5.92 Å². The van der Waals surface area contributed by atoms with Crippen molar-refractivity contribution in [2.75, 3.05) is 12.4 Å². The summed E-state index contributed by atoms with van der Waals surface area (Å²) >= 11 is 3.36. The summed E-state index contributed by atoms with van der Waals surface area (Å²) in [5, 5.41) is 2.20. The number of aromatic nitrogens is 2. The lowest BCUT2D eigenvalue weighted by atomic mass is 9.89. The summed E-state index contributed by atoms with van der Waals surface area (Å²) in [6.45, 7) is 4.59. The molecule has 0 amide bonds. The van der Waals surface area contributed by atoms with Crippen LogP contribution in [-0.4, -0.2) is 28.3 Å². The van der Waals surface area contributed by atoms with E-state index in [4.69, 9.17) is 14.7 Å². The van der Waals surface area contributed by atoms with Gasteiger partial charge in [0.1, 0.15) is 15.7 Å². The molecule has 0 aromatic carbocycles. The molecule has 0 radical (unpaired) electrons. The number of rotatable bonds is 5. The Morgan fingerprint density at radius 3 is 2.92 bits per heavy atom. The Morgan fingerprint density at radius 1 is 1.33 bits per heavy atom. The van der Waals surface area contributed by atoms with Crippen LogP contribution in [0, 0.1) is 5.92 Å². The van der Waals surface area contributed by atoms with Crippen molar-refractivity contribution < 1.29 is 9.53 Å². The van der Waals surface area contributed by atoms with Gasteiger partial charge in [0.05, 0.1) is 12.4 Å². The molecule has 2 aromatic heterocycles. The minimum atomic E-state index is -0.167. The smallest absolute Gasteiger partial charge is 0.316 e. The van der Waals surface area contributed by atoms with Crippen LogP contribution >= 0.6 is 23.1 Å². The monoisotopic (exact) mass is 362 g/mol. The summed E-state index contributed by atoms with van der Waals surface area (Å²) in [7, 11) is 0. The molecule has 4 nitrogen and oxygen atoms in total. The van der Waals surface area contributed by atoms with Gasteiger partial charge < -0.3 is 4.74 Å². The predicted molar refractivity (Wildman–Crippen MR) is 97.9 cm³/mol. The Labute approximate surface area is 150 Å². The summed E-state index contributed by atoms with van der Waals surface area (Å²) in [6.07, 6.45) is 5.86. The van der Waals surface area contributed by atoms with Crippen LogP contribution < -0.4 is 0 Å². The number of nitrogens with zero attached hydrogens (tertiary/aromatic N) is 2. The summed E-state index contributed by atoms with van der Waals surface area (Å²) in [5.74, 6) is 2.40. The van der Waals surface area contributed by atoms with Gasteiger partial charge in [0.2, 0.25) is 0 Å². The van der Waals surface area contributed by atoms with E-state index in [-0.39, 0.29) is 5.97 Å². The van der Waals surface area contributed by atoms with E-state index in [9.17, 15) is 4.79 Å². The average Bonchev–Trinajstić information content (AvgIpc) is 3.33. The predicted octanol–water partition coefficient (Wildman–Crippen LogP) is 4.35. The Morgan fingerprint density at radius 2 is 2.17 bits per heavy atom. The van der Waals surface area contributed by atoms with Crippen molar-refractivity contribution in [2.45, 2.75) is 56.9 Å². The van der Waals surface area contributed by atoms with E-state index in [2.05, 4.69) is 6.92 Å². The van der Waals surface area contributed by atoms with Gasteiger partial charge in [0.15, 0.2) is 0 Å². The second-order valence-electron chi connectivity index (χ2n) is 6.79. The highest BCUT2D eigenvalue weighted by Gasteiger charge is 2.30. The number of thioether (sulfide) groups is 1. The molecule has 2 heterocycles. The van der Waals surface area contributed by atoms with Crippen LogP contribution in [0.1, 0.15) is 55.3 Å². The zero-order valence-electron chi connectivity index (χ0n) is 14.1. The molecular weight excluding hydrogens is 340 g/mol. The van der Waals surface area contributed by atoms with Gasteiger partial charge in [-0.1, -0.05) is 18.7 Å². The van der Waals surface area contributed by atoms with Crippen LogP contribution in [0.4, 0.5) is 0 Å². The molecule has 0 unspecified atom stereocenters. The normalized spacial score (nSPS) is 20.2. The summed E-state index contributed by atoms with van der Waals surface area (Å²) in [5.41, 5.74) is 1.43. The molecule has 1 atom stereocenters. The standard InChI is InChI=1S/C18H22N2O2S2/c1-3-22-14(21)9-23-17-15-12-7-4-10(2)8-13(12)24-18(15)20-16(19-17)11-5-6-11/h10-11H,3-9H2,1-2H3/t10-/m1/s1. The molecule has 6 heteroatoms. The third-order valence-electron chi connectivity index (χ3n) is 4.71. The number of fused-ring (bicyclic) bond motifs is 3. The van der Waals surface area contributed by atoms with Gasteiger partial charge in [-0.25, -0.2) is 9.97 Å². The summed E-state index contributed by atoms with van der Waals surface area (Å²) in [6, 6.07) is 0. The van der Waals surface area contributed by atoms with Crippen LogP contribution in [0.15, 0.2) is 5.03 Å². The van der Waals surface area contributed by atoms with Crippen LogP contribution in [0.3, 0.4) is 0 Å². The number of thiophene rings is 1. The summed E-state index contributed by atoms with van der Waals surface area (Å²) in [4.78, 5) is 24.1. The fourth-order valence-electron chi connectivity index (χ4n) is 3.28. The molecule has 128 valence electrons. The largest absolute Gasteiger partial charge is 0.465 e. The first kappa shape index (κ1) is 16.3. The van der Waals surface area contributed by atoms with Crippen molar-refractivity contribution in [3.8, 4) is 0 Å². The topological polar surface area (TPSA) is 52.1 Å². The zero-order chi connectivity index (χ0) is 16.7. The molecule has 4 rings (SSSR count). The first-order chi connectivity index (χ1) is 11.7. The lowest BCUT2D eigenvalue weighted by Gasteiger charge is -2.18. The Bertz CT molecular complexity index is 783. The first-order valence-corrected chi connectivity index (χ1v) is 10.6. The fourth-order valence-corrected chi connectivity index (χ4v) is 5.60. The van der Waals surface area contributed by atoms with Gasteiger partial charge in [-0.05, 0) is 50.5 Å². The number of carbonyl (C=O) groups excluding carboxylic acids is 1. The Hall–Kier alpha value is -1.14. The minimum absolute atomic E-state index is 0.167. The van der Waals surface area contributed by atoms with Crippen molar-refractivity contribution in [1.29, 1.82) is 0 Å². The Balaban J connectivity index is 1.72. The number of hydrogen-bond donors (Lipinski definition) is 0. The van der Waals surface area contributed by atoms with E-state index in [0.29, 0.717) is 18.3 Å². The molecule has 0 aliphatic heterocycles. The fraction of sp³-hybridized carbons (Fsp3) is 0.611. The molecule has 2 aromatic rings. The van der Waals surface area contributed by atoms with E-state index < -0.39 is 0 Å². The van der Waals surface area contributed by atoms with E-state index >= 15 is 0 Å². The molecule has 0 spiro atoms. The van der Waals surface area contributed by atoms with Crippen LogP contribution in [0.25, 0.3) is 10.2 Å². The quantitative estimate of drug-likeness (QED) is 0.450. The van der Waals surface area contributed by atoms with Gasteiger partial charge in [-0.2, -0.15) is 0 Å². The number of esters is 1.